The van der Waals surface area contributed by atoms with Crippen LogP contribution in [-0.2, 0) is 9.59 Å². The van der Waals surface area contributed by atoms with E-state index in [1.807, 2.05) is 54.6 Å². The highest BCUT2D eigenvalue weighted by Crippen LogP contribution is 2.38. The first-order valence-corrected chi connectivity index (χ1v) is 20.6. The molecule has 2 atom stereocenters. The number of imide groups is 2. The number of piperidine rings is 3. The summed E-state index contributed by atoms with van der Waals surface area (Å²) in [6.45, 7) is 4.01. The largest absolute Gasteiger partial charge is 0.490 e. The van der Waals surface area contributed by atoms with Gasteiger partial charge in [-0.3, -0.25) is 39.2 Å². The van der Waals surface area contributed by atoms with Crippen LogP contribution in [0, 0.1) is 0 Å². The van der Waals surface area contributed by atoms with E-state index in [0.29, 0.717) is 23.7 Å². The molecule has 1 aliphatic carbocycles. The monoisotopic (exact) mass is 795 g/mol. The molecule has 1 unspecified atom stereocenters. The molecule has 0 bridgehead atoms. The van der Waals surface area contributed by atoms with Gasteiger partial charge in [0.2, 0.25) is 11.8 Å². The number of para-hydroxylation sites is 1. The quantitative estimate of drug-likeness (QED) is 0.192. The van der Waals surface area contributed by atoms with Crippen LogP contribution in [0.5, 0.6) is 17.2 Å². The minimum atomic E-state index is -0.992. The summed E-state index contributed by atoms with van der Waals surface area (Å²) < 4.78 is 14.4. The molecule has 6 heterocycles. The first kappa shape index (κ1) is 37.1. The molecule has 0 spiro atoms. The lowest BCUT2D eigenvalue weighted by Gasteiger charge is -2.48. The summed E-state index contributed by atoms with van der Waals surface area (Å²) in [6, 6.07) is 22.6. The Morgan fingerprint density at radius 1 is 0.729 bits per heavy atom. The normalized spacial score (nSPS) is 24.2. The van der Waals surface area contributed by atoms with Crippen molar-refractivity contribution in [2.75, 3.05) is 31.9 Å². The van der Waals surface area contributed by atoms with Crippen molar-refractivity contribution in [2.45, 2.75) is 81.6 Å². The SMILES string of the molecule is Nc1ncnc2c1c(-c1ccc(Oc3ccccc3)cc1)nn2[C@@H]1CCCN(C2CCN(C3CC(Oc4ccc5c(c4)C(=O)N(C4CCC(=O)NC4=O)C5=O)C3)CC2)C1. The number of hydrogen-bond donors (Lipinski definition) is 2. The Morgan fingerprint density at radius 2 is 1.47 bits per heavy atom. The molecule has 302 valence electrons. The van der Waals surface area contributed by atoms with Crippen molar-refractivity contribution in [1.29, 1.82) is 0 Å². The van der Waals surface area contributed by atoms with Gasteiger partial charge in [-0.15, -0.1) is 0 Å². The summed E-state index contributed by atoms with van der Waals surface area (Å²) in [7, 11) is 0. The van der Waals surface area contributed by atoms with E-state index in [4.69, 9.17) is 25.3 Å². The first-order chi connectivity index (χ1) is 28.8. The van der Waals surface area contributed by atoms with E-state index in [2.05, 4.69) is 24.8 Å². The van der Waals surface area contributed by atoms with Crippen LogP contribution in [0.1, 0.15) is 78.1 Å². The number of nitrogens with two attached hydrogens (primary N) is 1. The molecule has 3 aromatic carbocycles. The Bertz CT molecular complexity index is 2440. The van der Waals surface area contributed by atoms with E-state index in [9.17, 15) is 19.2 Å². The highest BCUT2D eigenvalue weighted by Gasteiger charge is 2.45. The van der Waals surface area contributed by atoms with E-state index in [0.717, 1.165) is 103 Å². The highest BCUT2D eigenvalue weighted by molar-refractivity contribution is 6.23. The zero-order chi connectivity index (χ0) is 40.2. The molecule has 4 fully saturated rings. The van der Waals surface area contributed by atoms with Crippen LogP contribution < -0.4 is 20.5 Å². The second-order valence-electron chi connectivity index (χ2n) is 16.3. The second-order valence-corrected chi connectivity index (χ2v) is 16.3. The number of carbonyl (C=O) groups excluding carboxylic acids is 4. The zero-order valence-electron chi connectivity index (χ0n) is 32.5. The maximum atomic E-state index is 13.3. The molecule has 1 saturated carbocycles. The van der Waals surface area contributed by atoms with Gasteiger partial charge in [-0.2, -0.15) is 5.10 Å². The van der Waals surface area contributed by atoms with Crippen LogP contribution in [0.2, 0.25) is 0 Å². The Balaban J connectivity index is 0.741. The number of ether oxygens (including phenoxy) is 2. The Kier molecular flexibility index (Phi) is 9.56. The van der Waals surface area contributed by atoms with Gasteiger partial charge in [0.1, 0.15) is 47.2 Å². The number of nitrogens with zero attached hydrogens (tertiary/aromatic N) is 7. The van der Waals surface area contributed by atoms with E-state index < -0.39 is 29.7 Å². The summed E-state index contributed by atoms with van der Waals surface area (Å²) in [5.41, 5.74) is 9.42. The summed E-state index contributed by atoms with van der Waals surface area (Å²) in [5, 5.41) is 8.17. The maximum Gasteiger partial charge on any atom is 0.262 e. The van der Waals surface area contributed by atoms with Gasteiger partial charge in [0, 0.05) is 43.5 Å². The number of benzene rings is 3. The number of carbonyl (C=O) groups is 4. The number of likely N-dealkylation sites (tertiary alicyclic amines) is 2. The lowest BCUT2D eigenvalue weighted by Crippen LogP contribution is -2.55. The Labute approximate surface area is 340 Å². The van der Waals surface area contributed by atoms with Crippen LogP contribution in [0.25, 0.3) is 22.3 Å². The van der Waals surface area contributed by atoms with Crippen LogP contribution >= 0.6 is 0 Å². The molecule has 4 aliphatic heterocycles. The van der Waals surface area contributed by atoms with Crippen molar-refractivity contribution in [3.63, 3.8) is 0 Å². The predicted molar refractivity (Wildman–Crippen MR) is 217 cm³/mol. The Morgan fingerprint density at radius 3 is 2.25 bits per heavy atom. The van der Waals surface area contributed by atoms with Crippen molar-refractivity contribution in [3.05, 3.63) is 90.3 Å². The third-order valence-electron chi connectivity index (χ3n) is 12.7. The van der Waals surface area contributed by atoms with Crippen LogP contribution in [0.15, 0.2) is 79.1 Å². The maximum absolute atomic E-state index is 13.3. The number of amides is 4. The van der Waals surface area contributed by atoms with Crippen molar-refractivity contribution >= 4 is 40.5 Å². The van der Waals surface area contributed by atoms with Gasteiger partial charge in [0.25, 0.3) is 11.8 Å². The van der Waals surface area contributed by atoms with Crippen molar-refractivity contribution in [3.8, 4) is 28.5 Å². The van der Waals surface area contributed by atoms with Crippen molar-refractivity contribution < 1.29 is 28.7 Å². The highest BCUT2D eigenvalue weighted by atomic mass is 16.5. The second kappa shape index (κ2) is 15.2. The van der Waals surface area contributed by atoms with Gasteiger partial charge >= 0.3 is 0 Å². The van der Waals surface area contributed by atoms with Gasteiger partial charge in [-0.25, -0.2) is 14.6 Å². The lowest BCUT2D eigenvalue weighted by atomic mass is 9.85. The van der Waals surface area contributed by atoms with Gasteiger partial charge in [0.15, 0.2) is 5.65 Å². The van der Waals surface area contributed by atoms with Gasteiger partial charge < -0.3 is 15.2 Å². The molecular weight excluding hydrogens is 751 g/mol. The molecule has 3 N–H and O–H groups in total. The molecule has 5 aromatic rings. The number of hydrogen-bond acceptors (Lipinski definition) is 12. The number of aromatic nitrogens is 4. The number of nitrogens with one attached hydrogen (secondary N) is 1. The van der Waals surface area contributed by atoms with E-state index in [1.54, 1.807) is 18.2 Å². The summed E-state index contributed by atoms with van der Waals surface area (Å²) in [6.07, 6.45) is 7.81. The molecular formula is C44H45N9O6. The fourth-order valence-electron chi connectivity index (χ4n) is 9.54. The average molecular weight is 796 g/mol. The summed E-state index contributed by atoms with van der Waals surface area (Å²) in [5.74, 6) is 0.402. The third kappa shape index (κ3) is 6.97. The summed E-state index contributed by atoms with van der Waals surface area (Å²) >= 11 is 0. The van der Waals surface area contributed by atoms with Gasteiger partial charge in [-0.1, -0.05) is 18.2 Å². The smallest absolute Gasteiger partial charge is 0.262 e. The van der Waals surface area contributed by atoms with Gasteiger partial charge in [-0.05, 0) is 106 Å². The van der Waals surface area contributed by atoms with Crippen LogP contribution in [-0.4, -0.2) is 108 Å². The standard InChI is InChI=1S/C44H45N9O6/c45-40-38-39(26-8-10-31(11-9-26)58-30-6-2-1-3-7-30)49-53(41(38)47-25-46-40)28-5-4-18-51(24-28)27-16-19-50(20-17-27)29-21-33(22-29)59-32-12-13-34-35(23-32)44(57)52(43(34)56)36-14-15-37(54)48-42(36)55/h1-3,6-13,23,25,27-29,33,36H,4-5,14-22,24H2,(H2,45,46,47)(H,48,54,55)/t28-,29?,33?,36?/m1/s1. The lowest BCUT2D eigenvalue weighted by molar-refractivity contribution is -0.136. The zero-order valence-corrected chi connectivity index (χ0v) is 32.5. The van der Waals surface area contributed by atoms with E-state index in [-0.39, 0.29) is 36.1 Å². The van der Waals surface area contributed by atoms with Crippen LogP contribution in [0.4, 0.5) is 5.82 Å². The van der Waals surface area contributed by atoms with Crippen LogP contribution in [0.3, 0.4) is 0 Å². The number of fused-ring (bicyclic) bond motifs is 2. The minimum Gasteiger partial charge on any atom is -0.490 e. The molecule has 5 aliphatic rings. The topological polar surface area (TPSA) is 178 Å². The molecule has 59 heavy (non-hydrogen) atoms. The number of nitrogen functional groups attached to an aromatic ring is 1. The molecule has 0 radical (unpaired) electrons. The van der Waals surface area contributed by atoms with Gasteiger partial charge in [0.05, 0.1) is 22.6 Å². The molecule has 2 aromatic heterocycles. The molecule has 10 rings (SSSR count). The number of anilines is 1. The fourth-order valence-corrected chi connectivity index (χ4v) is 9.54. The predicted octanol–water partition coefficient (Wildman–Crippen LogP) is 4.98. The molecule has 3 saturated heterocycles. The minimum absolute atomic E-state index is 0.0178. The number of rotatable bonds is 9. The van der Waals surface area contributed by atoms with E-state index >= 15 is 0 Å². The third-order valence-corrected chi connectivity index (χ3v) is 12.7. The first-order valence-electron chi connectivity index (χ1n) is 20.6. The Hall–Kier alpha value is -6.19. The van der Waals surface area contributed by atoms with Crippen molar-refractivity contribution in [2.24, 2.45) is 0 Å². The summed E-state index contributed by atoms with van der Waals surface area (Å²) in [4.78, 5) is 65.7. The van der Waals surface area contributed by atoms with Crippen molar-refractivity contribution in [1.82, 2.24) is 39.8 Å². The molecule has 4 amide bonds. The van der Waals surface area contributed by atoms with E-state index in [1.165, 1.54) is 6.33 Å². The molecule has 15 heteroatoms. The fraction of sp³-hybridized carbons (Fsp3) is 0.386. The average Bonchev–Trinajstić information content (AvgIpc) is 3.75. The molecule has 15 nitrogen and oxygen atoms in total.